The van der Waals surface area contributed by atoms with Crippen LogP contribution in [-0.2, 0) is 18.9 Å². The fourth-order valence-electron chi connectivity index (χ4n) is 4.33. The van der Waals surface area contributed by atoms with E-state index >= 15 is 4.39 Å². The molecular weight excluding hydrogens is 570 g/mol. The van der Waals surface area contributed by atoms with Crippen LogP contribution < -0.4 is 11.2 Å². The number of esters is 3. The van der Waals surface area contributed by atoms with E-state index in [-0.39, 0.29) is 16.7 Å². The van der Waals surface area contributed by atoms with Gasteiger partial charge >= 0.3 is 23.6 Å². The standard InChI is InChI=1S/C30H22F2N2O9/c31-21-16-34(29(39)33-24(21)35)25-22(41-27(37)19-12-6-2-7-13-19)23(42-28(38)20-14-8-3-9-15-20)30(32,43-25)17-40-26(36)18-10-4-1-5-11-18/h1-16,22-23,25H,17H2,(H,33,35,39)/t22-,23+,25-,30-/m1/s1. The molecule has 0 unspecified atom stereocenters. The Balaban J connectivity index is 1.56. The van der Waals surface area contributed by atoms with Gasteiger partial charge in [-0.2, -0.15) is 4.39 Å². The van der Waals surface area contributed by atoms with E-state index in [1.165, 1.54) is 60.7 Å². The second-order valence-corrected chi connectivity index (χ2v) is 9.31. The number of carbonyl (C=O) groups excluding carboxylic acids is 3. The zero-order valence-electron chi connectivity index (χ0n) is 22.1. The van der Waals surface area contributed by atoms with Gasteiger partial charge in [-0.25, -0.2) is 23.6 Å². The summed E-state index contributed by atoms with van der Waals surface area (Å²) in [6.07, 6.45) is -5.69. The molecule has 1 aliphatic rings. The molecule has 4 atom stereocenters. The van der Waals surface area contributed by atoms with Crippen molar-refractivity contribution in [3.63, 3.8) is 0 Å². The lowest BCUT2D eigenvalue weighted by molar-refractivity contribution is -0.208. The molecule has 11 nitrogen and oxygen atoms in total. The van der Waals surface area contributed by atoms with Crippen LogP contribution in [0.3, 0.4) is 0 Å². The topological polar surface area (TPSA) is 143 Å². The monoisotopic (exact) mass is 592 g/mol. The van der Waals surface area contributed by atoms with Gasteiger partial charge in [0, 0.05) is 0 Å². The van der Waals surface area contributed by atoms with Crippen molar-refractivity contribution >= 4 is 17.9 Å². The smallest absolute Gasteiger partial charge is 0.338 e. The maximum atomic E-state index is 16.8. The first-order chi connectivity index (χ1) is 20.7. The van der Waals surface area contributed by atoms with Crippen molar-refractivity contribution in [2.45, 2.75) is 24.3 Å². The molecule has 1 aliphatic heterocycles. The summed E-state index contributed by atoms with van der Waals surface area (Å²) in [7, 11) is 0. The number of hydrogen-bond donors (Lipinski definition) is 1. The van der Waals surface area contributed by atoms with E-state index in [2.05, 4.69) is 0 Å². The van der Waals surface area contributed by atoms with Crippen molar-refractivity contribution in [2.24, 2.45) is 0 Å². The number of nitrogens with zero attached hydrogens (tertiary/aromatic N) is 1. The van der Waals surface area contributed by atoms with Gasteiger partial charge in [0.1, 0.15) is 0 Å². The van der Waals surface area contributed by atoms with Crippen LogP contribution in [0.5, 0.6) is 0 Å². The van der Waals surface area contributed by atoms with Crippen molar-refractivity contribution in [1.82, 2.24) is 9.55 Å². The number of carbonyl (C=O) groups is 3. The third-order valence-electron chi connectivity index (χ3n) is 6.43. The first kappa shape index (κ1) is 29.1. The van der Waals surface area contributed by atoms with Gasteiger partial charge in [0.2, 0.25) is 11.9 Å². The van der Waals surface area contributed by atoms with Gasteiger partial charge in [-0.15, -0.1) is 0 Å². The zero-order chi connectivity index (χ0) is 30.6. The first-order valence-electron chi connectivity index (χ1n) is 12.8. The van der Waals surface area contributed by atoms with Gasteiger partial charge in [-0.3, -0.25) is 14.3 Å². The molecule has 0 bridgehead atoms. The second kappa shape index (κ2) is 12.2. The average molecular weight is 593 g/mol. The number of ether oxygens (including phenoxy) is 4. The number of benzene rings is 3. The summed E-state index contributed by atoms with van der Waals surface area (Å²) in [4.78, 5) is 64.9. The highest BCUT2D eigenvalue weighted by atomic mass is 19.2. The Kier molecular flexibility index (Phi) is 8.25. The summed E-state index contributed by atoms with van der Waals surface area (Å²) in [5, 5.41) is 0. The molecule has 0 radical (unpaired) electrons. The van der Waals surface area contributed by atoms with Crippen molar-refractivity contribution in [2.75, 3.05) is 6.61 Å². The van der Waals surface area contributed by atoms with Crippen LogP contribution >= 0.6 is 0 Å². The Labute approximate surface area is 241 Å². The van der Waals surface area contributed by atoms with E-state index in [1.807, 2.05) is 0 Å². The van der Waals surface area contributed by atoms with Crippen LogP contribution in [-0.4, -0.2) is 52.1 Å². The third kappa shape index (κ3) is 6.26. The van der Waals surface area contributed by atoms with Gasteiger partial charge in [0.15, 0.2) is 18.9 Å². The third-order valence-corrected chi connectivity index (χ3v) is 6.43. The maximum absolute atomic E-state index is 16.8. The molecule has 0 aliphatic carbocycles. The molecule has 4 aromatic rings. The molecule has 3 aromatic carbocycles. The van der Waals surface area contributed by atoms with Crippen molar-refractivity contribution < 1.29 is 42.1 Å². The minimum atomic E-state index is -3.24. The average Bonchev–Trinajstić information content (AvgIpc) is 3.29. The van der Waals surface area contributed by atoms with Gasteiger partial charge in [-0.05, 0) is 36.4 Å². The van der Waals surface area contributed by atoms with Crippen molar-refractivity contribution in [3.05, 3.63) is 141 Å². The van der Waals surface area contributed by atoms with Gasteiger partial charge in [0.05, 0.1) is 22.9 Å². The molecule has 220 valence electrons. The van der Waals surface area contributed by atoms with E-state index in [0.717, 1.165) is 0 Å². The Bertz CT molecular complexity index is 1750. The lowest BCUT2D eigenvalue weighted by Gasteiger charge is -2.27. The first-order valence-corrected chi connectivity index (χ1v) is 12.8. The molecule has 1 aromatic heterocycles. The molecular formula is C30H22F2N2O9. The Morgan fingerprint density at radius 3 is 1.81 bits per heavy atom. The Hall–Kier alpha value is -5.43. The largest absolute Gasteiger partial charge is 0.456 e. The van der Waals surface area contributed by atoms with Crippen LogP contribution in [0.2, 0.25) is 0 Å². The van der Waals surface area contributed by atoms with Crippen LogP contribution in [0, 0.1) is 5.82 Å². The van der Waals surface area contributed by atoms with E-state index in [0.29, 0.717) is 10.8 Å². The fraction of sp³-hybridized carbons (Fsp3) is 0.167. The van der Waals surface area contributed by atoms with E-state index in [4.69, 9.17) is 18.9 Å². The van der Waals surface area contributed by atoms with Crippen molar-refractivity contribution in [3.8, 4) is 0 Å². The van der Waals surface area contributed by atoms with Crippen LogP contribution in [0.4, 0.5) is 8.78 Å². The highest BCUT2D eigenvalue weighted by molar-refractivity contribution is 5.91. The summed E-state index contributed by atoms with van der Waals surface area (Å²) in [5.74, 6) is -7.77. The maximum Gasteiger partial charge on any atom is 0.338 e. The molecule has 13 heteroatoms. The number of aromatic nitrogens is 2. The lowest BCUT2D eigenvalue weighted by atomic mass is 10.1. The molecule has 0 saturated carbocycles. The normalized spacial score (nSPS) is 21.1. The summed E-state index contributed by atoms with van der Waals surface area (Å²) < 4.78 is 53.2. The number of nitrogens with one attached hydrogen (secondary N) is 1. The predicted molar refractivity (Wildman–Crippen MR) is 143 cm³/mol. The number of aromatic amines is 1. The fourth-order valence-corrected chi connectivity index (χ4v) is 4.33. The second-order valence-electron chi connectivity index (χ2n) is 9.31. The van der Waals surface area contributed by atoms with Crippen molar-refractivity contribution in [1.29, 1.82) is 0 Å². The van der Waals surface area contributed by atoms with Crippen LogP contribution in [0.1, 0.15) is 37.3 Å². The number of hydrogen-bond acceptors (Lipinski definition) is 9. The Morgan fingerprint density at radius 2 is 1.28 bits per heavy atom. The molecule has 1 N–H and O–H groups in total. The summed E-state index contributed by atoms with van der Waals surface area (Å²) >= 11 is 0. The van der Waals surface area contributed by atoms with E-state index in [9.17, 15) is 28.4 Å². The lowest BCUT2D eigenvalue weighted by Crippen LogP contribution is -2.48. The summed E-state index contributed by atoms with van der Waals surface area (Å²) in [6.45, 7) is -1.20. The van der Waals surface area contributed by atoms with Gasteiger partial charge in [0.25, 0.3) is 11.4 Å². The van der Waals surface area contributed by atoms with Crippen LogP contribution in [0.25, 0.3) is 0 Å². The van der Waals surface area contributed by atoms with Gasteiger partial charge < -0.3 is 18.9 Å². The number of rotatable bonds is 8. The van der Waals surface area contributed by atoms with Gasteiger partial charge in [-0.1, -0.05) is 54.6 Å². The number of alkyl halides is 1. The number of halogens is 2. The minimum Gasteiger partial charge on any atom is -0.456 e. The molecule has 5 rings (SSSR count). The SMILES string of the molecule is O=C(OC[C@@]1(F)O[C@@H](n2cc(F)c(=O)[nH]c2=O)[C@H](OC(=O)c2ccccc2)[C@@H]1OC(=O)c1ccccc1)c1ccccc1. The quantitative estimate of drug-likeness (QED) is 0.241. The zero-order valence-corrected chi connectivity index (χ0v) is 22.1. The molecule has 43 heavy (non-hydrogen) atoms. The van der Waals surface area contributed by atoms with E-state index in [1.54, 1.807) is 35.3 Å². The predicted octanol–water partition coefficient (Wildman–Crippen LogP) is 3.18. The van der Waals surface area contributed by atoms with E-state index < -0.39 is 65.9 Å². The molecule has 2 heterocycles. The molecule has 0 amide bonds. The minimum absolute atomic E-state index is 0.00115. The molecule has 0 spiro atoms. The van der Waals surface area contributed by atoms with Crippen LogP contribution in [0.15, 0.2) is 107 Å². The Morgan fingerprint density at radius 1 is 0.791 bits per heavy atom. The number of H-pyrrole nitrogens is 1. The molecule has 1 fully saturated rings. The highest BCUT2D eigenvalue weighted by Gasteiger charge is 2.62. The summed E-state index contributed by atoms with van der Waals surface area (Å²) in [6, 6.07) is 22.4. The molecule has 1 saturated heterocycles. The highest BCUT2D eigenvalue weighted by Crippen LogP contribution is 2.42. The summed E-state index contributed by atoms with van der Waals surface area (Å²) in [5.41, 5.74) is -2.58.